The summed E-state index contributed by atoms with van der Waals surface area (Å²) >= 11 is 5.37. The molecule has 7 heteroatoms. The molecule has 1 fully saturated rings. The van der Waals surface area contributed by atoms with Gasteiger partial charge >= 0.3 is 5.69 Å². The second-order valence-corrected chi connectivity index (χ2v) is 4.31. The third kappa shape index (κ3) is 2.14. The molecule has 0 unspecified atom stereocenters. The minimum Gasteiger partial charge on any atom is -0.378 e. The van der Waals surface area contributed by atoms with E-state index < -0.39 is 22.2 Å². The van der Waals surface area contributed by atoms with E-state index in [9.17, 15) is 14.0 Å². The molecule has 1 aromatic rings. The molecule has 1 aliphatic rings. The Hall–Kier alpha value is -1.14. The Morgan fingerprint density at radius 3 is 2.76 bits per heavy atom. The summed E-state index contributed by atoms with van der Waals surface area (Å²) in [5.41, 5.74) is -1.65. The summed E-state index contributed by atoms with van der Waals surface area (Å²) in [5.74, 6) is -1.12. The van der Waals surface area contributed by atoms with E-state index in [1.807, 2.05) is 6.92 Å². The van der Waals surface area contributed by atoms with Crippen molar-refractivity contribution in [1.82, 2.24) is 9.55 Å². The van der Waals surface area contributed by atoms with Gasteiger partial charge < -0.3 is 4.74 Å². The number of hydrogen-bond acceptors (Lipinski definition) is 3. The van der Waals surface area contributed by atoms with Crippen molar-refractivity contribution in [2.24, 2.45) is 0 Å². The van der Waals surface area contributed by atoms with Crippen LogP contribution in [0.4, 0.5) is 4.39 Å². The normalized spacial score (nSPS) is 23.5. The highest BCUT2D eigenvalue weighted by atomic mass is 35.5. The molecule has 17 heavy (non-hydrogen) atoms. The second kappa shape index (κ2) is 4.62. The van der Waals surface area contributed by atoms with Gasteiger partial charge in [0.2, 0.25) is 5.82 Å². The topological polar surface area (TPSA) is 64.1 Å². The lowest BCUT2D eigenvalue weighted by atomic mass is 9.89. The largest absolute Gasteiger partial charge is 0.378 e. The Kier molecular flexibility index (Phi) is 3.35. The number of nitrogens with one attached hydrogen (secondary N) is 1. The van der Waals surface area contributed by atoms with Gasteiger partial charge in [-0.3, -0.25) is 14.3 Å². The van der Waals surface area contributed by atoms with Crippen molar-refractivity contribution >= 4 is 11.6 Å². The van der Waals surface area contributed by atoms with Crippen LogP contribution < -0.4 is 11.2 Å². The van der Waals surface area contributed by atoms with Gasteiger partial charge in [0.1, 0.15) is 0 Å². The molecular weight excluding hydrogens is 251 g/mol. The number of ether oxygens (including phenoxy) is 1. The monoisotopic (exact) mass is 262 g/mol. The van der Waals surface area contributed by atoms with Crippen LogP contribution in [0.25, 0.3) is 0 Å². The van der Waals surface area contributed by atoms with Crippen molar-refractivity contribution in [2.45, 2.75) is 31.9 Å². The Morgan fingerprint density at radius 1 is 1.53 bits per heavy atom. The van der Waals surface area contributed by atoms with E-state index in [0.717, 1.165) is 4.57 Å². The average Bonchev–Trinajstić information content (AvgIpc) is 2.22. The molecule has 0 spiro atoms. The van der Waals surface area contributed by atoms with E-state index in [1.54, 1.807) is 0 Å². The van der Waals surface area contributed by atoms with E-state index in [2.05, 4.69) is 4.98 Å². The molecule has 0 radical (unpaired) electrons. The van der Waals surface area contributed by atoms with Crippen LogP contribution in [0.1, 0.15) is 25.8 Å². The number of aromatic nitrogens is 2. The molecule has 94 valence electrons. The first kappa shape index (κ1) is 12.3. The molecule has 0 aromatic carbocycles. The Morgan fingerprint density at radius 2 is 2.18 bits per heavy atom. The first-order valence-electron chi connectivity index (χ1n) is 5.36. The summed E-state index contributed by atoms with van der Waals surface area (Å²) in [7, 11) is 0. The number of hydrogen-bond donors (Lipinski definition) is 1. The van der Waals surface area contributed by atoms with Crippen LogP contribution in [-0.2, 0) is 4.74 Å². The van der Waals surface area contributed by atoms with Crippen molar-refractivity contribution in [3.63, 3.8) is 0 Å². The van der Waals surface area contributed by atoms with Gasteiger partial charge in [-0.15, -0.1) is 0 Å². The fraction of sp³-hybridized carbons (Fsp3) is 0.600. The standard InChI is InChI=1S/C10H12ClFN2O3/c1-2-17-6-3-5(4-6)14-9(15)7(12)8(11)13-10(14)16/h5-6H,2-4H2,1H3,(H,13,16). The maximum absolute atomic E-state index is 13.3. The highest BCUT2D eigenvalue weighted by Crippen LogP contribution is 2.32. The average molecular weight is 263 g/mol. The molecule has 0 amide bonds. The Bertz CT molecular complexity index is 533. The van der Waals surface area contributed by atoms with Crippen LogP contribution in [0.2, 0.25) is 5.15 Å². The maximum atomic E-state index is 13.3. The highest BCUT2D eigenvalue weighted by molar-refractivity contribution is 6.29. The summed E-state index contributed by atoms with van der Waals surface area (Å²) < 4.78 is 19.5. The van der Waals surface area contributed by atoms with E-state index in [4.69, 9.17) is 16.3 Å². The molecule has 0 aliphatic heterocycles. The quantitative estimate of drug-likeness (QED) is 0.829. The molecule has 0 atom stereocenters. The first-order chi connectivity index (χ1) is 8.04. The number of halogens is 2. The van der Waals surface area contributed by atoms with Gasteiger partial charge in [0, 0.05) is 12.6 Å². The number of aromatic amines is 1. The van der Waals surface area contributed by atoms with Crippen molar-refractivity contribution in [3.05, 3.63) is 31.8 Å². The van der Waals surface area contributed by atoms with Crippen molar-refractivity contribution < 1.29 is 9.13 Å². The van der Waals surface area contributed by atoms with Gasteiger partial charge in [-0.2, -0.15) is 4.39 Å². The molecule has 2 rings (SSSR count). The minimum absolute atomic E-state index is 0.0371. The van der Waals surface area contributed by atoms with Crippen LogP contribution in [0, 0.1) is 5.82 Å². The van der Waals surface area contributed by atoms with Crippen LogP contribution in [0.15, 0.2) is 9.59 Å². The number of H-pyrrole nitrogens is 1. The van der Waals surface area contributed by atoms with Gasteiger partial charge in [0.25, 0.3) is 5.56 Å². The van der Waals surface area contributed by atoms with Crippen molar-refractivity contribution in [2.75, 3.05) is 6.61 Å². The summed E-state index contributed by atoms with van der Waals surface area (Å²) in [6.07, 6.45) is 1.12. The molecule has 5 nitrogen and oxygen atoms in total. The zero-order valence-electron chi connectivity index (χ0n) is 9.20. The van der Waals surface area contributed by atoms with Crippen molar-refractivity contribution in [3.8, 4) is 0 Å². The Labute approximate surface area is 101 Å². The van der Waals surface area contributed by atoms with Gasteiger partial charge in [0.05, 0.1) is 6.10 Å². The predicted octanol–water partition coefficient (Wildman–Crippen LogP) is 1.07. The molecule has 0 saturated heterocycles. The third-order valence-electron chi connectivity index (χ3n) is 2.87. The summed E-state index contributed by atoms with van der Waals surface area (Å²) in [4.78, 5) is 25.2. The van der Waals surface area contributed by atoms with Gasteiger partial charge in [-0.05, 0) is 19.8 Å². The molecule has 1 aromatic heterocycles. The zero-order valence-corrected chi connectivity index (χ0v) is 9.96. The predicted molar refractivity (Wildman–Crippen MR) is 60.0 cm³/mol. The highest BCUT2D eigenvalue weighted by Gasteiger charge is 2.33. The van der Waals surface area contributed by atoms with E-state index in [0.29, 0.717) is 19.4 Å². The molecule has 1 heterocycles. The lowest BCUT2D eigenvalue weighted by Crippen LogP contribution is -2.46. The van der Waals surface area contributed by atoms with E-state index in [1.165, 1.54) is 0 Å². The van der Waals surface area contributed by atoms with Crippen LogP contribution >= 0.6 is 11.6 Å². The summed E-state index contributed by atoms with van der Waals surface area (Å²) in [6.45, 7) is 2.45. The fourth-order valence-electron chi connectivity index (χ4n) is 1.95. The maximum Gasteiger partial charge on any atom is 0.329 e. The fourth-order valence-corrected chi connectivity index (χ4v) is 2.11. The van der Waals surface area contributed by atoms with Crippen LogP contribution in [0.3, 0.4) is 0 Å². The van der Waals surface area contributed by atoms with Crippen LogP contribution in [-0.4, -0.2) is 22.3 Å². The molecular formula is C10H12ClFN2O3. The lowest BCUT2D eigenvalue weighted by molar-refractivity contribution is -0.0218. The second-order valence-electron chi connectivity index (χ2n) is 3.94. The number of nitrogens with zero attached hydrogens (tertiary/aromatic N) is 1. The minimum atomic E-state index is -1.12. The number of rotatable bonds is 3. The molecule has 1 saturated carbocycles. The zero-order chi connectivity index (χ0) is 12.6. The third-order valence-corrected chi connectivity index (χ3v) is 3.13. The van der Waals surface area contributed by atoms with Gasteiger partial charge in [0.15, 0.2) is 5.15 Å². The SMILES string of the molecule is CCOC1CC(n2c(=O)[nH]c(Cl)c(F)c2=O)C1. The van der Waals surface area contributed by atoms with Gasteiger partial charge in [-0.25, -0.2) is 4.79 Å². The van der Waals surface area contributed by atoms with E-state index in [-0.39, 0.29) is 12.1 Å². The Balaban J connectivity index is 2.27. The molecule has 0 bridgehead atoms. The van der Waals surface area contributed by atoms with E-state index >= 15 is 0 Å². The van der Waals surface area contributed by atoms with Crippen molar-refractivity contribution in [1.29, 1.82) is 0 Å². The summed E-state index contributed by atoms with van der Waals surface area (Å²) in [6, 6.07) is -0.311. The molecule has 1 N–H and O–H groups in total. The summed E-state index contributed by atoms with van der Waals surface area (Å²) in [5, 5.41) is -0.545. The molecule has 1 aliphatic carbocycles. The first-order valence-corrected chi connectivity index (χ1v) is 5.73. The van der Waals surface area contributed by atoms with Gasteiger partial charge in [-0.1, -0.05) is 11.6 Å². The lowest BCUT2D eigenvalue weighted by Gasteiger charge is -2.35. The smallest absolute Gasteiger partial charge is 0.329 e. The van der Waals surface area contributed by atoms with Crippen LogP contribution in [0.5, 0.6) is 0 Å².